The number of hydrogen-bond acceptors (Lipinski definition) is 6. The van der Waals surface area contributed by atoms with Crippen molar-refractivity contribution in [3.05, 3.63) is 205 Å². The zero-order valence-electron chi connectivity index (χ0n) is 28.9. The minimum Gasteiger partial charge on any atom is -0.369 e. The fourth-order valence-electron chi connectivity index (χ4n) is 6.57. The summed E-state index contributed by atoms with van der Waals surface area (Å²) in [7, 11) is 0. The van der Waals surface area contributed by atoms with Crippen LogP contribution in [0.4, 0.5) is 0 Å². The summed E-state index contributed by atoms with van der Waals surface area (Å²) in [6.45, 7) is 9.19. The number of rotatable bonds is 18. The molecule has 5 aromatic rings. The van der Waals surface area contributed by atoms with E-state index >= 15 is 0 Å². The van der Waals surface area contributed by atoms with Crippen molar-refractivity contribution in [3.63, 3.8) is 0 Å². The second-order valence-corrected chi connectivity index (χ2v) is 12.4. The quantitative estimate of drug-likeness (QED) is 0.0681. The van der Waals surface area contributed by atoms with Crippen LogP contribution in [0.3, 0.4) is 0 Å². The van der Waals surface area contributed by atoms with Gasteiger partial charge in [0.2, 0.25) is 0 Å². The first-order chi connectivity index (χ1) is 25.2. The standard InChI is InChI=1S/C45H46O6/c1-3-30-46-41-40(34-50-45(37-24-14-7-15-25-37,38-26-16-8-17-27-38)39-28-18-9-19-29-39)51-44(47-31-4-2)43(49-33-36-22-12-6-13-23-36)42(41)48-32-35-20-10-5-11-21-35/h3-29,40-44H,1-2,30-34H2/t40-,41-,42+,43-,44+/m1/s1. The SMILES string of the molecule is C=CCO[C@H]1O[C@H](COC(c2ccccc2)(c2ccccc2)c2ccccc2)[C@@H](OCC=C)[C@H](OCc2ccccc2)[C@H]1OCc1ccccc1. The maximum Gasteiger partial charge on any atom is 0.187 e. The molecular weight excluding hydrogens is 636 g/mol. The van der Waals surface area contributed by atoms with Gasteiger partial charge in [0.05, 0.1) is 33.0 Å². The normalized spacial score (nSPS) is 20.4. The van der Waals surface area contributed by atoms with Gasteiger partial charge in [-0.05, 0) is 27.8 Å². The fourth-order valence-corrected chi connectivity index (χ4v) is 6.57. The molecule has 0 radical (unpaired) electrons. The van der Waals surface area contributed by atoms with Crippen LogP contribution in [0.2, 0.25) is 0 Å². The van der Waals surface area contributed by atoms with Gasteiger partial charge in [-0.2, -0.15) is 0 Å². The molecule has 6 nitrogen and oxygen atoms in total. The van der Waals surface area contributed by atoms with Gasteiger partial charge >= 0.3 is 0 Å². The maximum absolute atomic E-state index is 7.26. The molecule has 0 aromatic heterocycles. The van der Waals surface area contributed by atoms with Gasteiger partial charge in [0.15, 0.2) is 6.29 Å². The summed E-state index contributed by atoms with van der Waals surface area (Å²) in [4.78, 5) is 0. The third-order valence-electron chi connectivity index (χ3n) is 8.95. The highest BCUT2D eigenvalue weighted by Crippen LogP contribution is 2.41. The minimum atomic E-state index is -0.964. The summed E-state index contributed by atoms with van der Waals surface area (Å²) in [5, 5.41) is 0. The molecule has 6 rings (SSSR count). The minimum absolute atomic E-state index is 0.144. The predicted octanol–water partition coefficient (Wildman–Crippen LogP) is 8.66. The van der Waals surface area contributed by atoms with Crippen LogP contribution in [0.15, 0.2) is 177 Å². The van der Waals surface area contributed by atoms with E-state index in [0.717, 1.165) is 27.8 Å². The summed E-state index contributed by atoms with van der Waals surface area (Å²) < 4.78 is 40.4. The summed E-state index contributed by atoms with van der Waals surface area (Å²) >= 11 is 0. The Bertz CT molecular complexity index is 1640. The van der Waals surface area contributed by atoms with Crippen LogP contribution in [-0.2, 0) is 47.2 Å². The third kappa shape index (κ3) is 8.99. The molecule has 0 N–H and O–H groups in total. The molecule has 5 atom stereocenters. The monoisotopic (exact) mass is 682 g/mol. The summed E-state index contributed by atoms with van der Waals surface area (Å²) in [6, 6.07) is 51.0. The van der Waals surface area contributed by atoms with Crippen LogP contribution >= 0.6 is 0 Å². The van der Waals surface area contributed by atoms with Gasteiger partial charge in [-0.15, -0.1) is 13.2 Å². The number of ether oxygens (including phenoxy) is 6. The Labute approximate surface area is 301 Å². The van der Waals surface area contributed by atoms with Crippen molar-refractivity contribution in [2.75, 3.05) is 19.8 Å². The molecule has 0 bridgehead atoms. The maximum atomic E-state index is 7.26. The molecule has 5 aromatic carbocycles. The first kappa shape index (κ1) is 36.1. The molecule has 6 heteroatoms. The number of benzene rings is 5. The molecule has 262 valence electrons. The first-order valence-electron chi connectivity index (χ1n) is 17.4. The Hall–Kier alpha value is -4.66. The molecule has 1 aliphatic rings. The third-order valence-corrected chi connectivity index (χ3v) is 8.95. The van der Waals surface area contributed by atoms with Crippen molar-refractivity contribution < 1.29 is 28.4 Å². The summed E-state index contributed by atoms with van der Waals surface area (Å²) in [5.41, 5.74) is 4.05. The first-order valence-corrected chi connectivity index (χ1v) is 17.4. The lowest BCUT2D eigenvalue weighted by Gasteiger charge is -2.46. The number of hydrogen-bond donors (Lipinski definition) is 0. The van der Waals surface area contributed by atoms with E-state index in [4.69, 9.17) is 28.4 Å². The molecule has 0 aliphatic carbocycles. The van der Waals surface area contributed by atoms with Gasteiger partial charge in [-0.3, -0.25) is 0 Å². The van der Waals surface area contributed by atoms with Crippen molar-refractivity contribution >= 4 is 0 Å². The lowest BCUT2D eigenvalue weighted by molar-refractivity contribution is -0.325. The van der Waals surface area contributed by atoms with Crippen molar-refractivity contribution in [2.45, 2.75) is 49.5 Å². The van der Waals surface area contributed by atoms with Crippen LogP contribution in [0.25, 0.3) is 0 Å². The molecule has 51 heavy (non-hydrogen) atoms. The lowest BCUT2D eigenvalue weighted by atomic mass is 9.80. The zero-order valence-corrected chi connectivity index (χ0v) is 28.9. The summed E-state index contributed by atoms with van der Waals surface area (Å²) in [6.07, 6.45) is 0.184. The van der Waals surface area contributed by atoms with Gasteiger partial charge in [0.25, 0.3) is 0 Å². The molecule has 0 saturated carbocycles. The Balaban J connectivity index is 1.39. The van der Waals surface area contributed by atoms with Crippen LogP contribution in [-0.4, -0.2) is 50.5 Å². The molecule has 0 spiro atoms. The van der Waals surface area contributed by atoms with E-state index in [1.807, 2.05) is 115 Å². The zero-order chi connectivity index (χ0) is 35.1. The van der Waals surface area contributed by atoms with E-state index in [1.54, 1.807) is 12.2 Å². The fraction of sp³-hybridized carbons (Fsp3) is 0.244. The highest BCUT2D eigenvalue weighted by Gasteiger charge is 2.50. The van der Waals surface area contributed by atoms with Crippen molar-refractivity contribution in [1.82, 2.24) is 0 Å². The van der Waals surface area contributed by atoms with E-state index in [2.05, 4.69) is 49.6 Å². The Morgan fingerprint density at radius 2 is 0.902 bits per heavy atom. The predicted molar refractivity (Wildman–Crippen MR) is 200 cm³/mol. The second kappa shape index (κ2) is 18.5. The Kier molecular flexibility index (Phi) is 13.1. The molecule has 1 heterocycles. The van der Waals surface area contributed by atoms with E-state index in [9.17, 15) is 0 Å². The van der Waals surface area contributed by atoms with Crippen LogP contribution in [0.5, 0.6) is 0 Å². The van der Waals surface area contributed by atoms with Crippen molar-refractivity contribution in [3.8, 4) is 0 Å². The highest BCUT2D eigenvalue weighted by atomic mass is 16.7. The van der Waals surface area contributed by atoms with Gasteiger partial charge < -0.3 is 28.4 Å². The Morgan fingerprint density at radius 1 is 0.490 bits per heavy atom. The van der Waals surface area contributed by atoms with E-state index < -0.39 is 36.3 Å². The Morgan fingerprint density at radius 3 is 1.35 bits per heavy atom. The van der Waals surface area contributed by atoms with Gasteiger partial charge in [0, 0.05) is 0 Å². The van der Waals surface area contributed by atoms with E-state index in [-0.39, 0.29) is 19.8 Å². The molecule has 0 unspecified atom stereocenters. The highest BCUT2D eigenvalue weighted by molar-refractivity contribution is 5.47. The van der Waals surface area contributed by atoms with E-state index in [1.165, 1.54) is 0 Å². The van der Waals surface area contributed by atoms with Crippen LogP contribution < -0.4 is 0 Å². The average Bonchev–Trinajstić information content (AvgIpc) is 3.20. The topological polar surface area (TPSA) is 55.4 Å². The van der Waals surface area contributed by atoms with E-state index in [0.29, 0.717) is 13.2 Å². The molecule has 1 aliphatic heterocycles. The lowest BCUT2D eigenvalue weighted by Crippen LogP contribution is -2.62. The molecule has 0 amide bonds. The second-order valence-electron chi connectivity index (χ2n) is 12.4. The smallest absolute Gasteiger partial charge is 0.187 e. The molecular formula is C45H46O6. The van der Waals surface area contributed by atoms with Crippen molar-refractivity contribution in [1.29, 1.82) is 0 Å². The largest absolute Gasteiger partial charge is 0.369 e. The van der Waals surface area contributed by atoms with Crippen LogP contribution in [0.1, 0.15) is 27.8 Å². The van der Waals surface area contributed by atoms with Gasteiger partial charge in [-0.25, -0.2) is 0 Å². The molecule has 1 fully saturated rings. The average molecular weight is 683 g/mol. The van der Waals surface area contributed by atoms with Gasteiger partial charge in [-0.1, -0.05) is 164 Å². The van der Waals surface area contributed by atoms with Crippen LogP contribution in [0, 0.1) is 0 Å². The van der Waals surface area contributed by atoms with Gasteiger partial charge in [0.1, 0.15) is 30.0 Å². The molecule has 1 saturated heterocycles. The summed E-state index contributed by atoms with van der Waals surface area (Å²) in [5.74, 6) is 0. The van der Waals surface area contributed by atoms with Crippen molar-refractivity contribution in [2.24, 2.45) is 0 Å².